The molecule has 0 spiro atoms. The van der Waals surface area contributed by atoms with Gasteiger partial charge in [0, 0.05) is 5.41 Å². The summed E-state index contributed by atoms with van der Waals surface area (Å²) in [5, 5.41) is 10.4. The van der Waals surface area contributed by atoms with E-state index in [4.69, 9.17) is 0 Å². The second kappa shape index (κ2) is 2.59. The molecule has 0 saturated heterocycles. The fourth-order valence-electron chi connectivity index (χ4n) is 2.73. The number of allylic oxidation sites excluding steroid dienone is 1. The number of aliphatic hydroxyl groups is 1. The fraction of sp³-hybridized carbons (Fsp3) is 0.818. The van der Waals surface area contributed by atoms with Crippen molar-refractivity contribution in [3.05, 3.63) is 12.2 Å². The van der Waals surface area contributed by atoms with E-state index in [1.165, 1.54) is 25.7 Å². The minimum Gasteiger partial charge on any atom is -0.385 e. The van der Waals surface area contributed by atoms with Crippen LogP contribution in [0.2, 0.25) is 0 Å². The second-order valence-corrected chi connectivity index (χ2v) is 4.63. The van der Waals surface area contributed by atoms with E-state index in [1.807, 2.05) is 0 Å². The van der Waals surface area contributed by atoms with Crippen molar-refractivity contribution in [2.75, 3.05) is 0 Å². The van der Waals surface area contributed by atoms with Gasteiger partial charge in [0.05, 0.1) is 5.60 Å². The molecule has 2 aliphatic carbocycles. The van der Waals surface area contributed by atoms with Gasteiger partial charge in [-0.2, -0.15) is 0 Å². The van der Waals surface area contributed by atoms with Gasteiger partial charge in [-0.3, -0.25) is 0 Å². The van der Waals surface area contributed by atoms with Crippen molar-refractivity contribution in [1.82, 2.24) is 0 Å². The first kappa shape index (κ1) is 8.31. The van der Waals surface area contributed by atoms with Gasteiger partial charge in [-0.25, -0.2) is 0 Å². The standard InChI is InChI=1S/C11H18O/c1-10-6-2-4-8-11(10,12)9-5-3-7-10/h4,8,12H,2-3,5-7,9H2,1H3/t10-,11-/m0/s1. The summed E-state index contributed by atoms with van der Waals surface area (Å²) >= 11 is 0. The lowest BCUT2D eigenvalue weighted by Crippen LogP contribution is -2.48. The van der Waals surface area contributed by atoms with Crippen molar-refractivity contribution in [2.24, 2.45) is 5.41 Å². The Morgan fingerprint density at radius 3 is 2.67 bits per heavy atom. The molecule has 2 aliphatic rings. The smallest absolute Gasteiger partial charge is 0.0881 e. The molecule has 1 saturated carbocycles. The topological polar surface area (TPSA) is 20.2 Å². The van der Waals surface area contributed by atoms with E-state index >= 15 is 0 Å². The zero-order valence-electron chi connectivity index (χ0n) is 7.84. The highest BCUT2D eigenvalue weighted by atomic mass is 16.3. The highest BCUT2D eigenvalue weighted by molar-refractivity contribution is 5.15. The third-order valence-electron chi connectivity index (χ3n) is 3.84. The predicted molar refractivity (Wildman–Crippen MR) is 49.9 cm³/mol. The summed E-state index contributed by atoms with van der Waals surface area (Å²) in [5.74, 6) is 0. The van der Waals surface area contributed by atoms with Crippen molar-refractivity contribution in [1.29, 1.82) is 0 Å². The molecule has 1 nitrogen and oxygen atoms in total. The first-order chi connectivity index (χ1) is 5.66. The van der Waals surface area contributed by atoms with Crippen LogP contribution in [-0.4, -0.2) is 10.7 Å². The Kier molecular flexibility index (Phi) is 1.80. The molecule has 0 aromatic rings. The van der Waals surface area contributed by atoms with Crippen molar-refractivity contribution in [3.63, 3.8) is 0 Å². The maximum absolute atomic E-state index is 10.4. The molecule has 1 N–H and O–H groups in total. The van der Waals surface area contributed by atoms with Crippen LogP contribution >= 0.6 is 0 Å². The molecule has 0 unspecified atom stereocenters. The lowest BCUT2D eigenvalue weighted by atomic mass is 9.60. The molecule has 0 bridgehead atoms. The van der Waals surface area contributed by atoms with Crippen molar-refractivity contribution in [3.8, 4) is 0 Å². The molecule has 68 valence electrons. The lowest BCUT2D eigenvalue weighted by molar-refractivity contribution is -0.0764. The predicted octanol–water partition coefficient (Wildman–Crippen LogP) is 2.65. The molecule has 1 heteroatoms. The van der Waals surface area contributed by atoms with Crippen LogP contribution in [0.25, 0.3) is 0 Å². The van der Waals surface area contributed by atoms with Crippen LogP contribution in [0.4, 0.5) is 0 Å². The molecule has 0 heterocycles. The number of fused-ring (bicyclic) bond motifs is 1. The number of hydrogen-bond donors (Lipinski definition) is 1. The summed E-state index contributed by atoms with van der Waals surface area (Å²) < 4.78 is 0. The average molecular weight is 166 g/mol. The highest BCUT2D eigenvalue weighted by Gasteiger charge is 2.47. The summed E-state index contributed by atoms with van der Waals surface area (Å²) in [6.07, 6.45) is 11.2. The van der Waals surface area contributed by atoms with E-state index in [1.54, 1.807) is 0 Å². The Hall–Kier alpha value is -0.300. The first-order valence-corrected chi connectivity index (χ1v) is 5.06. The second-order valence-electron chi connectivity index (χ2n) is 4.63. The quantitative estimate of drug-likeness (QED) is 0.548. The Bertz CT molecular complexity index is 209. The van der Waals surface area contributed by atoms with E-state index in [0.29, 0.717) is 0 Å². The largest absolute Gasteiger partial charge is 0.385 e. The zero-order chi connectivity index (χ0) is 8.66. The Morgan fingerprint density at radius 1 is 1.17 bits per heavy atom. The molecular formula is C11H18O. The lowest BCUT2D eigenvalue weighted by Gasteiger charge is -2.49. The van der Waals surface area contributed by atoms with Gasteiger partial charge in [0.1, 0.15) is 0 Å². The fourth-order valence-corrected chi connectivity index (χ4v) is 2.73. The summed E-state index contributed by atoms with van der Waals surface area (Å²) in [4.78, 5) is 0. The summed E-state index contributed by atoms with van der Waals surface area (Å²) in [6.45, 7) is 2.25. The summed E-state index contributed by atoms with van der Waals surface area (Å²) in [6, 6.07) is 0. The molecule has 0 amide bonds. The maximum atomic E-state index is 10.4. The molecule has 0 aromatic carbocycles. The Labute approximate surface area is 74.5 Å². The van der Waals surface area contributed by atoms with Gasteiger partial charge in [0.2, 0.25) is 0 Å². The van der Waals surface area contributed by atoms with Crippen molar-refractivity contribution in [2.45, 2.75) is 51.0 Å². The number of rotatable bonds is 0. The van der Waals surface area contributed by atoms with Gasteiger partial charge in [-0.05, 0) is 25.7 Å². The third-order valence-corrected chi connectivity index (χ3v) is 3.84. The molecular weight excluding hydrogens is 148 g/mol. The van der Waals surface area contributed by atoms with Gasteiger partial charge < -0.3 is 5.11 Å². The Morgan fingerprint density at radius 2 is 1.92 bits per heavy atom. The van der Waals surface area contributed by atoms with Crippen LogP contribution < -0.4 is 0 Å². The van der Waals surface area contributed by atoms with E-state index in [2.05, 4.69) is 19.1 Å². The normalized spacial score (nSPS) is 47.2. The van der Waals surface area contributed by atoms with E-state index in [9.17, 15) is 5.11 Å². The van der Waals surface area contributed by atoms with E-state index in [0.717, 1.165) is 12.8 Å². The maximum Gasteiger partial charge on any atom is 0.0881 e. The zero-order valence-corrected chi connectivity index (χ0v) is 7.84. The molecule has 1 fully saturated rings. The van der Waals surface area contributed by atoms with Crippen LogP contribution in [0.15, 0.2) is 12.2 Å². The molecule has 2 rings (SSSR count). The van der Waals surface area contributed by atoms with Crippen LogP contribution in [0.1, 0.15) is 45.4 Å². The summed E-state index contributed by atoms with van der Waals surface area (Å²) in [5.41, 5.74) is -0.288. The van der Waals surface area contributed by atoms with Gasteiger partial charge in [-0.15, -0.1) is 0 Å². The van der Waals surface area contributed by atoms with Crippen LogP contribution in [0.5, 0.6) is 0 Å². The third kappa shape index (κ3) is 1.03. The van der Waals surface area contributed by atoms with Crippen LogP contribution in [0, 0.1) is 5.41 Å². The number of hydrogen-bond acceptors (Lipinski definition) is 1. The van der Waals surface area contributed by atoms with Crippen LogP contribution in [0.3, 0.4) is 0 Å². The van der Waals surface area contributed by atoms with Crippen molar-refractivity contribution < 1.29 is 5.11 Å². The van der Waals surface area contributed by atoms with E-state index < -0.39 is 5.60 Å². The van der Waals surface area contributed by atoms with Crippen molar-refractivity contribution >= 4 is 0 Å². The van der Waals surface area contributed by atoms with Gasteiger partial charge >= 0.3 is 0 Å². The Balaban J connectivity index is 2.30. The van der Waals surface area contributed by atoms with Gasteiger partial charge in [0.25, 0.3) is 0 Å². The molecule has 2 atom stereocenters. The minimum absolute atomic E-state index is 0.181. The minimum atomic E-state index is -0.469. The SMILES string of the molecule is C[C@@]12CCC=C[C@]1(O)CCCC2. The van der Waals surface area contributed by atoms with E-state index in [-0.39, 0.29) is 5.41 Å². The highest BCUT2D eigenvalue weighted by Crippen LogP contribution is 2.50. The van der Waals surface area contributed by atoms with Gasteiger partial charge in [0.15, 0.2) is 0 Å². The molecule has 12 heavy (non-hydrogen) atoms. The molecule has 0 aliphatic heterocycles. The monoisotopic (exact) mass is 166 g/mol. The summed E-state index contributed by atoms with van der Waals surface area (Å²) in [7, 11) is 0. The molecule has 0 aromatic heterocycles. The van der Waals surface area contributed by atoms with Crippen LogP contribution in [-0.2, 0) is 0 Å². The average Bonchev–Trinajstić information content (AvgIpc) is 2.05. The first-order valence-electron chi connectivity index (χ1n) is 5.06. The molecule has 0 radical (unpaired) electrons. The van der Waals surface area contributed by atoms with Gasteiger partial charge in [-0.1, -0.05) is 31.9 Å².